The lowest BCUT2D eigenvalue weighted by molar-refractivity contribution is 0.989. The minimum Gasteiger partial charge on any atom is -0.268 e. The summed E-state index contributed by atoms with van der Waals surface area (Å²) >= 11 is 0. The molecule has 0 spiro atoms. The molecular weight excluding hydrogens is 202 g/mol. The molecule has 0 aliphatic carbocycles. The highest BCUT2D eigenvalue weighted by Crippen LogP contribution is 2.19. The standard InChI is InChI=1S/C12H9N3O/c1-8-3-2-4-9(5-8)12-10(7-13)6-11(16)14-15-12/h2-6H,1H3,(H,14,16). The van der Waals surface area contributed by atoms with Crippen LogP contribution in [-0.2, 0) is 0 Å². The second-order valence-corrected chi connectivity index (χ2v) is 3.48. The Kier molecular flexibility index (Phi) is 2.52. The second-order valence-electron chi connectivity index (χ2n) is 3.48. The number of benzene rings is 1. The number of rotatable bonds is 1. The molecule has 0 saturated carbocycles. The number of aromatic amines is 1. The molecule has 0 unspecified atom stereocenters. The number of hydrogen-bond acceptors (Lipinski definition) is 3. The number of H-pyrrole nitrogens is 1. The van der Waals surface area contributed by atoms with Crippen LogP contribution in [-0.4, -0.2) is 10.2 Å². The van der Waals surface area contributed by atoms with E-state index in [0.29, 0.717) is 5.69 Å². The van der Waals surface area contributed by atoms with Crippen molar-refractivity contribution in [1.82, 2.24) is 10.2 Å². The van der Waals surface area contributed by atoms with Gasteiger partial charge in [0.25, 0.3) is 5.56 Å². The van der Waals surface area contributed by atoms with Gasteiger partial charge in [-0.1, -0.05) is 23.8 Å². The maximum Gasteiger partial charge on any atom is 0.265 e. The number of aromatic nitrogens is 2. The predicted molar refractivity (Wildman–Crippen MR) is 59.7 cm³/mol. The first-order valence-corrected chi connectivity index (χ1v) is 4.77. The molecule has 1 heterocycles. The number of hydrogen-bond donors (Lipinski definition) is 1. The summed E-state index contributed by atoms with van der Waals surface area (Å²) < 4.78 is 0. The second kappa shape index (κ2) is 3.99. The minimum atomic E-state index is -0.368. The van der Waals surface area contributed by atoms with E-state index in [1.807, 2.05) is 37.3 Å². The van der Waals surface area contributed by atoms with Crippen LogP contribution in [0.25, 0.3) is 11.3 Å². The molecule has 1 aromatic heterocycles. The Labute approximate surface area is 92.2 Å². The quantitative estimate of drug-likeness (QED) is 0.779. The van der Waals surface area contributed by atoms with E-state index in [4.69, 9.17) is 5.26 Å². The van der Waals surface area contributed by atoms with Gasteiger partial charge in [-0.25, -0.2) is 5.10 Å². The minimum absolute atomic E-state index is 0.286. The van der Waals surface area contributed by atoms with Crippen molar-refractivity contribution in [3.05, 3.63) is 51.8 Å². The predicted octanol–water partition coefficient (Wildman–Crippen LogP) is 1.62. The number of nitrogens with zero attached hydrogens (tertiary/aromatic N) is 2. The highest BCUT2D eigenvalue weighted by molar-refractivity contribution is 5.66. The Morgan fingerprint density at radius 2 is 2.19 bits per heavy atom. The summed E-state index contributed by atoms with van der Waals surface area (Å²) in [6, 6.07) is 10.8. The van der Waals surface area contributed by atoms with Gasteiger partial charge in [0.15, 0.2) is 0 Å². The lowest BCUT2D eigenvalue weighted by Gasteiger charge is -2.02. The van der Waals surface area contributed by atoms with Gasteiger partial charge in [0.1, 0.15) is 11.8 Å². The Morgan fingerprint density at radius 1 is 1.38 bits per heavy atom. The molecular formula is C12H9N3O. The summed E-state index contributed by atoms with van der Waals surface area (Å²) in [5.41, 5.74) is 2.33. The van der Waals surface area contributed by atoms with Crippen molar-refractivity contribution >= 4 is 0 Å². The van der Waals surface area contributed by atoms with Crippen molar-refractivity contribution in [1.29, 1.82) is 5.26 Å². The fraction of sp³-hybridized carbons (Fsp3) is 0.0833. The van der Waals surface area contributed by atoms with Crippen LogP contribution in [0.3, 0.4) is 0 Å². The smallest absolute Gasteiger partial charge is 0.265 e. The van der Waals surface area contributed by atoms with Gasteiger partial charge in [-0.15, -0.1) is 0 Å². The number of nitriles is 1. The molecule has 0 fully saturated rings. The molecule has 0 aliphatic rings. The van der Waals surface area contributed by atoms with Gasteiger partial charge in [0.2, 0.25) is 0 Å². The van der Waals surface area contributed by atoms with Crippen molar-refractivity contribution in [3.8, 4) is 17.3 Å². The van der Waals surface area contributed by atoms with E-state index in [0.717, 1.165) is 11.1 Å². The average Bonchev–Trinajstić information content (AvgIpc) is 2.28. The van der Waals surface area contributed by atoms with Crippen LogP contribution in [0.2, 0.25) is 0 Å². The van der Waals surface area contributed by atoms with E-state index in [2.05, 4.69) is 10.2 Å². The van der Waals surface area contributed by atoms with E-state index in [9.17, 15) is 4.79 Å². The first kappa shape index (κ1) is 10.1. The molecule has 0 aliphatic heterocycles. The van der Waals surface area contributed by atoms with Crippen LogP contribution in [0, 0.1) is 18.3 Å². The average molecular weight is 211 g/mol. The lowest BCUT2D eigenvalue weighted by Crippen LogP contribution is -2.08. The fourth-order valence-corrected chi connectivity index (χ4v) is 1.50. The lowest BCUT2D eigenvalue weighted by atomic mass is 10.1. The third kappa shape index (κ3) is 1.84. The van der Waals surface area contributed by atoms with Crippen molar-refractivity contribution < 1.29 is 0 Å². The van der Waals surface area contributed by atoms with E-state index in [1.165, 1.54) is 6.07 Å². The van der Waals surface area contributed by atoms with Crippen molar-refractivity contribution in [2.24, 2.45) is 0 Å². The summed E-state index contributed by atoms with van der Waals surface area (Å²) in [5, 5.41) is 15.2. The van der Waals surface area contributed by atoms with Gasteiger partial charge in [0, 0.05) is 11.6 Å². The molecule has 0 atom stereocenters. The third-order valence-corrected chi connectivity index (χ3v) is 2.22. The summed E-state index contributed by atoms with van der Waals surface area (Å²) in [7, 11) is 0. The molecule has 2 rings (SSSR count). The van der Waals surface area contributed by atoms with Gasteiger partial charge in [-0.3, -0.25) is 4.79 Å². The molecule has 4 nitrogen and oxygen atoms in total. The van der Waals surface area contributed by atoms with Gasteiger partial charge in [0.05, 0.1) is 5.56 Å². The van der Waals surface area contributed by atoms with Crippen LogP contribution >= 0.6 is 0 Å². The highest BCUT2D eigenvalue weighted by atomic mass is 16.1. The SMILES string of the molecule is Cc1cccc(-c2n[nH]c(=O)cc2C#N)c1. The van der Waals surface area contributed by atoms with E-state index in [1.54, 1.807) is 0 Å². The first-order valence-electron chi connectivity index (χ1n) is 4.77. The van der Waals surface area contributed by atoms with Gasteiger partial charge < -0.3 is 0 Å². The molecule has 1 N–H and O–H groups in total. The molecule has 0 amide bonds. The number of nitrogens with one attached hydrogen (secondary N) is 1. The molecule has 4 heteroatoms. The van der Waals surface area contributed by atoms with Crippen molar-refractivity contribution in [2.45, 2.75) is 6.92 Å². The van der Waals surface area contributed by atoms with E-state index >= 15 is 0 Å². The van der Waals surface area contributed by atoms with Gasteiger partial charge in [-0.2, -0.15) is 10.4 Å². The largest absolute Gasteiger partial charge is 0.268 e. The molecule has 16 heavy (non-hydrogen) atoms. The molecule has 78 valence electrons. The van der Waals surface area contributed by atoms with E-state index in [-0.39, 0.29) is 11.1 Å². The van der Waals surface area contributed by atoms with Gasteiger partial charge >= 0.3 is 0 Å². The fourth-order valence-electron chi connectivity index (χ4n) is 1.50. The van der Waals surface area contributed by atoms with Crippen molar-refractivity contribution in [3.63, 3.8) is 0 Å². The third-order valence-electron chi connectivity index (χ3n) is 2.22. The topological polar surface area (TPSA) is 69.5 Å². The monoisotopic (exact) mass is 211 g/mol. The summed E-state index contributed by atoms with van der Waals surface area (Å²) in [6.45, 7) is 1.96. The molecule has 0 bridgehead atoms. The summed E-state index contributed by atoms with van der Waals surface area (Å²) in [4.78, 5) is 11.0. The highest BCUT2D eigenvalue weighted by Gasteiger charge is 2.07. The zero-order chi connectivity index (χ0) is 11.5. The Morgan fingerprint density at radius 3 is 2.88 bits per heavy atom. The number of aryl methyl sites for hydroxylation is 1. The van der Waals surface area contributed by atoms with Crippen molar-refractivity contribution in [2.75, 3.05) is 0 Å². The van der Waals surface area contributed by atoms with Crippen LogP contribution in [0.15, 0.2) is 35.1 Å². The van der Waals surface area contributed by atoms with Crippen LogP contribution in [0.4, 0.5) is 0 Å². The molecule has 0 radical (unpaired) electrons. The van der Waals surface area contributed by atoms with Crippen LogP contribution < -0.4 is 5.56 Å². The Balaban J connectivity index is 2.65. The molecule has 2 aromatic rings. The molecule has 1 aromatic carbocycles. The first-order chi connectivity index (χ1) is 7.70. The molecule has 0 saturated heterocycles. The van der Waals surface area contributed by atoms with E-state index < -0.39 is 0 Å². The Bertz CT molecular complexity index is 623. The van der Waals surface area contributed by atoms with Crippen LogP contribution in [0.1, 0.15) is 11.1 Å². The maximum absolute atomic E-state index is 11.0. The van der Waals surface area contributed by atoms with Crippen LogP contribution in [0.5, 0.6) is 0 Å². The zero-order valence-corrected chi connectivity index (χ0v) is 8.69. The maximum atomic E-state index is 11.0. The summed E-state index contributed by atoms with van der Waals surface area (Å²) in [6.07, 6.45) is 0. The zero-order valence-electron chi connectivity index (χ0n) is 8.69. The Hall–Kier alpha value is -2.41. The van der Waals surface area contributed by atoms with Gasteiger partial charge in [-0.05, 0) is 13.0 Å². The normalized spacial score (nSPS) is 9.75. The summed E-state index contributed by atoms with van der Waals surface area (Å²) in [5.74, 6) is 0.